The quantitative estimate of drug-likeness (QED) is 0.744. The van der Waals surface area contributed by atoms with Gasteiger partial charge >= 0.3 is 0 Å². The number of hydrogen-bond acceptors (Lipinski definition) is 6. The average molecular weight is 321 g/mol. The molecule has 0 aliphatic carbocycles. The molecule has 120 valence electrons. The Hall–Kier alpha value is -3.17. The monoisotopic (exact) mass is 321 g/mol. The maximum absolute atomic E-state index is 8.71. The molecule has 0 aliphatic rings. The summed E-state index contributed by atoms with van der Waals surface area (Å²) in [4.78, 5) is 4.39. The van der Waals surface area contributed by atoms with Gasteiger partial charge in [-0.2, -0.15) is 4.98 Å². The van der Waals surface area contributed by atoms with E-state index in [0.29, 0.717) is 23.2 Å². The molecular weight excluding hydrogens is 306 g/mol. The number of aryl methyl sites for hydroxylation is 1. The molecule has 0 unspecified atom stereocenters. The summed E-state index contributed by atoms with van der Waals surface area (Å²) >= 11 is 0. The number of hydrogen-bond donors (Lipinski definition) is 1. The smallest absolute Gasteiger partial charge is 0.245 e. The van der Waals surface area contributed by atoms with E-state index in [0.717, 1.165) is 11.1 Å². The van der Waals surface area contributed by atoms with Crippen LogP contribution in [0.5, 0.6) is 5.88 Å². The van der Waals surface area contributed by atoms with Crippen LogP contribution in [0.4, 0.5) is 0 Å². The summed E-state index contributed by atoms with van der Waals surface area (Å²) in [6.07, 6.45) is 1.54. The van der Waals surface area contributed by atoms with Gasteiger partial charge in [-0.1, -0.05) is 41.7 Å². The second-order valence-corrected chi connectivity index (χ2v) is 4.93. The van der Waals surface area contributed by atoms with E-state index in [-0.39, 0.29) is 13.2 Å². The van der Waals surface area contributed by atoms with Gasteiger partial charge in [0.15, 0.2) is 18.1 Å². The summed E-state index contributed by atoms with van der Waals surface area (Å²) in [6, 6.07) is 11.3. The number of benzene rings is 1. The van der Waals surface area contributed by atoms with E-state index >= 15 is 0 Å². The Labute approximate surface area is 139 Å². The lowest BCUT2D eigenvalue weighted by atomic mass is 10.1. The Morgan fingerprint density at radius 3 is 2.67 bits per heavy atom. The topological polar surface area (TPSA) is 81.3 Å². The maximum Gasteiger partial charge on any atom is 0.245 e. The van der Waals surface area contributed by atoms with Crippen molar-refractivity contribution in [2.45, 2.75) is 6.92 Å². The molecule has 3 rings (SSSR count). The lowest BCUT2D eigenvalue weighted by Gasteiger charge is -2.08. The van der Waals surface area contributed by atoms with E-state index in [1.165, 1.54) is 0 Å². The molecule has 0 spiro atoms. The predicted molar refractivity (Wildman–Crippen MR) is 88.1 cm³/mol. The zero-order valence-corrected chi connectivity index (χ0v) is 13.1. The Kier molecular flexibility index (Phi) is 4.84. The molecule has 0 fully saturated rings. The lowest BCUT2D eigenvalue weighted by Crippen LogP contribution is -2.04. The van der Waals surface area contributed by atoms with Crippen molar-refractivity contribution in [1.29, 1.82) is 0 Å². The molecule has 0 saturated heterocycles. The van der Waals surface area contributed by atoms with Crippen molar-refractivity contribution >= 4 is 0 Å². The number of aliphatic hydroxyl groups excluding tert-OH is 1. The molecule has 2 heterocycles. The molecule has 0 bridgehead atoms. The van der Waals surface area contributed by atoms with Gasteiger partial charge in [0, 0.05) is 5.56 Å². The molecule has 0 radical (unpaired) electrons. The van der Waals surface area contributed by atoms with Crippen LogP contribution in [0.3, 0.4) is 0 Å². The van der Waals surface area contributed by atoms with Gasteiger partial charge in [0.1, 0.15) is 6.61 Å². The number of aromatic nitrogens is 3. The molecule has 6 nitrogen and oxygen atoms in total. The molecule has 0 amide bonds. The second-order valence-electron chi connectivity index (χ2n) is 4.93. The van der Waals surface area contributed by atoms with Crippen LogP contribution in [0.15, 0.2) is 47.1 Å². The van der Waals surface area contributed by atoms with E-state index in [1.807, 2.05) is 31.2 Å². The highest BCUT2D eigenvalue weighted by molar-refractivity contribution is 5.65. The van der Waals surface area contributed by atoms with E-state index in [4.69, 9.17) is 14.3 Å². The number of ether oxygens (including phenoxy) is 1. The van der Waals surface area contributed by atoms with Crippen LogP contribution in [-0.2, 0) is 0 Å². The number of aliphatic hydroxyl groups is 1. The minimum atomic E-state index is -0.214. The highest BCUT2D eigenvalue weighted by atomic mass is 16.5. The Morgan fingerprint density at radius 1 is 1.12 bits per heavy atom. The minimum Gasteiger partial charge on any atom is -0.463 e. The van der Waals surface area contributed by atoms with Crippen LogP contribution in [0.1, 0.15) is 5.56 Å². The fraction of sp³-hybridized carbons (Fsp3) is 0.167. The predicted octanol–water partition coefficient (Wildman–Crippen LogP) is 2.48. The standard InChI is InChI=1S/C18H15N3O3/c1-13-6-8-14(9-7-13)16-18(24-11-3-2-10-22)19-17(21-20-16)15-5-4-12-23-15/h4-9,12,22H,10-11H2,1H3. The van der Waals surface area contributed by atoms with Crippen LogP contribution in [0, 0.1) is 18.8 Å². The summed E-state index contributed by atoms with van der Waals surface area (Å²) in [7, 11) is 0. The Bertz CT molecular complexity index is 863. The molecule has 0 atom stereocenters. The number of furan rings is 1. The average Bonchev–Trinajstić information content (AvgIpc) is 3.14. The number of rotatable bonds is 4. The molecule has 24 heavy (non-hydrogen) atoms. The Balaban J connectivity index is 1.98. The lowest BCUT2D eigenvalue weighted by molar-refractivity contribution is 0.344. The van der Waals surface area contributed by atoms with Crippen molar-refractivity contribution in [3.63, 3.8) is 0 Å². The van der Waals surface area contributed by atoms with Crippen molar-refractivity contribution in [3.8, 4) is 40.6 Å². The summed E-state index contributed by atoms with van der Waals surface area (Å²) in [5.74, 6) is 6.37. The first-order chi connectivity index (χ1) is 11.8. The van der Waals surface area contributed by atoms with Crippen LogP contribution in [0.25, 0.3) is 22.8 Å². The Morgan fingerprint density at radius 2 is 1.96 bits per heavy atom. The fourth-order valence-corrected chi connectivity index (χ4v) is 2.03. The van der Waals surface area contributed by atoms with Gasteiger partial charge in [-0.3, -0.25) is 0 Å². The first-order valence-corrected chi connectivity index (χ1v) is 7.33. The third-order valence-electron chi connectivity index (χ3n) is 3.21. The molecule has 1 N–H and O–H groups in total. The summed E-state index contributed by atoms with van der Waals surface area (Å²) < 4.78 is 10.9. The summed E-state index contributed by atoms with van der Waals surface area (Å²) in [6.45, 7) is 1.89. The van der Waals surface area contributed by atoms with E-state index in [1.54, 1.807) is 18.4 Å². The van der Waals surface area contributed by atoms with Gasteiger partial charge in [-0.05, 0) is 19.1 Å². The van der Waals surface area contributed by atoms with Crippen molar-refractivity contribution in [2.24, 2.45) is 0 Å². The van der Waals surface area contributed by atoms with Crippen LogP contribution < -0.4 is 4.74 Å². The molecular formula is C18H15N3O3. The first-order valence-electron chi connectivity index (χ1n) is 7.33. The minimum absolute atomic E-state index is 0.0930. The van der Waals surface area contributed by atoms with Gasteiger partial charge in [-0.25, -0.2) is 0 Å². The van der Waals surface area contributed by atoms with Crippen molar-refractivity contribution in [2.75, 3.05) is 13.2 Å². The second kappa shape index (κ2) is 7.40. The first kappa shape index (κ1) is 15.7. The van der Waals surface area contributed by atoms with Gasteiger partial charge in [0.25, 0.3) is 0 Å². The zero-order chi connectivity index (χ0) is 16.8. The van der Waals surface area contributed by atoms with Crippen LogP contribution in [0.2, 0.25) is 0 Å². The van der Waals surface area contributed by atoms with Gasteiger partial charge < -0.3 is 14.3 Å². The SMILES string of the molecule is Cc1ccc(-c2nnc(-c3ccco3)nc2OCC#CCO)cc1. The fourth-order valence-electron chi connectivity index (χ4n) is 2.03. The molecule has 3 aromatic rings. The summed E-state index contributed by atoms with van der Waals surface area (Å²) in [5, 5.41) is 17.1. The largest absolute Gasteiger partial charge is 0.463 e. The van der Waals surface area contributed by atoms with Gasteiger partial charge in [0.2, 0.25) is 11.7 Å². The van der Waals surface area contributed by atoms with Gasteiger partial charge in [0.05, 0.1) is 6.26 Å². The van der Waals surface area contributed by atoms with E-state index in [9.17, 15) is 0 Å². The normalized spacial score (nSPS) is 10.1. The molecule has 2 aromatic heterocycles. The zero-order valence-electron chi connectivity index (χ0n) is 13.1. The van der Waals surface area contributed by atoms with Crippen molar-refractivity contribution < 1.29 is 14.3 Å². The highest BCUT2D eigenvalue weighted by Gasteiger charge is 2.15. The number of nitrogens with zero attached hydrogens (tertiary/aromatic N) is 3. The molecule has 0 saturated carbocycles. The van der Waals surface area contributed by atoms with E-state index in [2.05, 4.69) is 27.0 Å². The third kappa shape index (κ3) is 3.59. The van der Waals surface area contributed by atoms with Gasteiger partial charge in [-0.15, -0.1) is 10.2 Å². The maximum atomic E-state index is 8.71. The van der Waals surface area contributed by atoms with Crippen molar-refractivity contribution in [1.82, 2.24) is 15.2 Å². The summed E-state index contributed by atoms with van der Waals surface area (Å²) in [5.41, 5.74) is 2.51. The molecule has 0 aliphatic heterocycles. The van der Waals surface area contributed by atoms with Crippen LogP contribution in [-0.4, -0.2) is 33.5 Å². The molecule has 6 heteroatoms. The van der Waals surface area contributed by atoms with Crippen molar-refractivity contribution in [3.05, 3.63) is 48.2 Å². The van der Waals surface area contributed by atoms with Crippen LogP contribution >= 0.6 is 0 Å². The molecule has 1 aromatic carbocycles. The third-order valence-corrected chi connectivity index (χ3v) is 3.21. The van der Waals surface area contributed by atoms with E-state index < -0.39 is 0 Å². The highest BCUT2D eigenvalue weighted by Crippen LogP contribution is 2.28.